The molecule has 2 heterocycles. The van der Waals surface area contributed by atoms with Gasteiger partial charge < -0.3 is 10.1 Å². The Balaban J connectivity index is 1.85. The van der Waals surface area contributed by atoms with Crippen LogP contribution in [0.25, 0.3) is 0 Å². The van der Waals surface area contributed by atoms with E-state index in [9.17, 15) is 9.59 Å². The largest absolute Gasteiger partial charge is 0.462 e. The normalized spacial score (nSPS) is 15.1. The van der Waals surface area contributed by atoms with Crippen LogP contribution in [0.15, 0.2) is 30.3 Å². The first kappa shape index (κ1) is 19.9. The SMILES string of the molecule is CCOC(=O)c1c(NC(=O)[C@H](C)Cl)sc2c1CCN(Cc1ccccc1)C2. The molecule has 0 saturated carbocycles. The number of fused-ring (bicyclic) bond motifs is 1. The average Bonchev–Trinajstić information content (AvgIpc) is 2.99. The van der Waals surface area contributed by atoms with E-state index < -0.39 is 5.38 Å². The van der Waals surface area contributed by atoms with Crippen LogP contribution < -0.4 is 5.32 Å². The second kappa shape index (κ2) is 8.87. The molecule has 0 radical (unpaired) electrons. The van der Waals surface area contributed by atoms with Crippen LogP contribution in [-0.2, 0) is 29.0 Å². The van der Waals surface area contributed by atoms with Crippen molar-refractivity contribution >= 4 is 39.8 Å². The van der Waals surface area contributed by atoms with Crippen molar-refractivity contribution in [2.24, 2.45) is 0 Å². The molecule has 1 aliphatic rings. The lowest BCUT2D eigenvalue weighted by molar-refractivity contribution is -0.115. The molecule has 5 nitrogen and oxygen atoms in total. The molecule has 0 fully saturated rings. The zero-order valence-corrected chi connectivity index (χ0v) is 17.0. The van der Waals surface area contributed by atoms with E-state index in [2.05, 4.69) is 22.3 Å². The Kier molecular flexibility index (Phi) is 6.52. The number of carbonyl (C=O) groups is 2. The zero-order chi connectivity index (χ0) is 19.4. The second-order valence-corrected chi connectivity index (χ2v) is 8.24. The Morgan fingerprint density at radius 1 is 1.33 bits per heavy atom. The van der Waals surface area contributed by atoms with Crippen molar-refractivity contribution in [2.75, 3.05) is 18.5 Å². The number of esters is 1. The number of hydrogen-bond donors (Lipinski definition) is 1. The Morgan fingerprint density at radius 3 is 2.74 bits per heavy atom. The van der Waals surface area contributed by atoms with E-state index >= 15 is 0 Å². The van der Waals surface area contributed by atoms with E-state index in [4.69, 9.17) is 16.3 Å². The minimum Gasteiger partial charge on any atom is -0.462 e. The van der Waals surface area contributed by atoms with Crippen LogP contribution in [0.3, 0.4) is 0 Å². The molecule has 144 valence electrons. The Bertz CT molecular complexity index is 820. The van der Waals surface area contributed by atoms with Gasteiger partial charge in [0.2, 0.25) is 5.91 Å². The van der Waals surface area contributed by atoms with Gasteiger partial charge in [-0.2, -0.15) is 0 Å². The van der Waals surface area contributed by atoms with E-state index in [1.54, 1.807) is 13.8 Å². The van der Waals surface area contributed by atoms with Gasteiger partial charge in [0, 0.05) is 24.5 Å². The molecule has 1 amide bonds. The first-order valence-corrected chi connectivity index (χ1v) is 10.3. The van der Waals surface area contributed by atoms with Crippen LogP contribution >= 0.6 is 22.9 Å². The lowest BCUT2D eigenvalue weighted by atomic mass is 10.0. The third kappa shape index (κ3) is 4.69. The van der Waals surface area contributed by atoms with E-state index in [-0.39, 0.29) is 11.9 Å². The fraction of sp³-hybridized carbons (Fsp3) is 0.400. The molecule has 1 aliphatic heterocycles. The number of amides is 1. The number of anilines is 1. The third-order valence-corrected chi connectivity index (χ3v) is 5.79. The number of nitrogens with one attached hydrogen (secondary N) is 1. The van der Waals surface area contributed by atoms with Gasteiger partial charge in [-0.15, -0.1) is 22.9 Å². The fourth-order valence-electron chi connectivity index (χ4n) is 3.15. The van der Waals surface area contributed by atoms with Gasteiger partial charge in [-0.05, 0) is 31.4 Å². The molecule has 7 heteroatoms. The Labute approximate surface area is 168 Å². The lowest BCUT2D eigenvalue weighted by Crippen LogP contribution is -2.30. The maximum atomic E-state index is 12.5. The highest BCUT2D eigenvalue weighted by molar-refractivity contribution is 7.17. The highest BCUT2D eigenvalue weighted by Gasteiger charge is 2.30. The molecule has 0 aliphatic carbocycles. The predicted molar refractivity (Wildman–Crippen MR) is 108 cm³/mol. The molecule has 0 unspecified atom stereocenters. The number of nitrogens with zero attached hydrogens (tertiary/aromatic N) is 1. The molecule has 1 N–H and O–H groups in total. The molecule has 0 saturated heterocycles. The van der Waals surface area contributed by atoms with Gasteiger partial charge in [-0.25, -0.2) is 4.79 Å². The Morgan fingerprint density at radius 2 is 2.07 bits per heavy atom. The quantitative estimate of drug-likeness (QED) is 0.580. The summed E-state index contributed by atoms with van der Waals surface area (Å²) in [5.74, 6) is -0.703. The van der Waals surface area contributed by atoms with Crippen LogP contribution in [0.2, 0.25) is 0 Å². The van der Waals surface area contributed by atoms with Gasteiger partial charge in [0.25, 0.3) is 0 Å². The molecule has 0 bridgehead atoms. The highest BCUT2D eigenvalue weighted by Crippen LogP contribution is 2.38. The van der Waals surface area contributed by atoms with E-state index in [1.807, 2.05) is 18.2 Å². The summed E-state index contributed by atoms with van der Waals surface area (Å²) in [6, 6.07) is 10.3. The van der Waals surface area contributed by atoms with Gasteiger partial charge in [-0.1, -0.05) is 30.3 Å². The van der Waals surface area contributed by atoms with E-state index in [1.165, 1.54) is 16.9 Å². The number of hydrogen-bond acceptors (Lipinski definition) is 5. The standard InChI is InChI=1S/C20H23ClN2O3S/c1-3-26-20(25)17-15-9-10-23(11-14-7-5-4-6-8-14)12-16(15)27-19(17)22-18(24)13(2)21/h4-8,13H,3,9-12H2,1-2H3,(H,22,24)/t13-/m0/s1. The van der Waals surface area contributed by atoms with Crippen molar-refractivity contribution in [2.45, 2.75) is 38.7 Å². The predicted octanol–water partition coefficient (Wildman–Crippen LogP) is 4.05. The van der Waals surface area contributed by atoms with Crippen LogP contribution in [-0.4, -0.2) is 35.3 Å². The first-order chi connectivity index (χ1) is 13.0. The topological polar surface area (TPSA) is 58.6 Å². The van der Waals surface area contributed by atoms with Crippen molar-refractivity contribution in [1.82, 2.24) is 4.90 Å². The number of rotatable bonds is 6. The maximum absolute atomic E-state index is 12.5. The molecule has 1 atom stereocenters. The number of halogens is 1. The fourth-order valence-corrected chi connectivity index (χ4v) is 4.49. The van der Waals surface area contributed by atoms with Gasteiger partial charge in [0.1, 0.15) is 10.4 Å². The molecule has 0 spiro atoms. The monoisotopic (exact) mass is 406 g/mol. The summed E-state index contributed by atoms with van der Waals surface area (Å²) in [5, 5.41) is 2.67. The minimum absolute atomic E-state index is 0.295. The molecule has 27 heavy (non-hydrogen) atoms. The molecule has 3 rings (SSSR count). The summed E-state index contributed by atoms with van der Waals surface area (Å²) in [6.07, 6.45) is 0.749. The second-order valence-electron chi connectivity index (χ2n) is 6.48. The number of carbonyl (C=O) groups excluding carboxylic acids is 2. The van der Waals surface area contributed by atoms with Crippen molar-refractivity contribution in [3.8, 4) is 0 Å². The smallest absolute Gasteiger partial charge is 0.341 e. The van der Waals surface area contributed by atoms with Crippen molar-refractivity contribution < 1.29 is 14.3 Å². The average molecular weight is 407 g/mol. The molecule has 1 aromatic carbocycles. The summed E-state index contributed by atoms with van der Waals surface area (Å²) in [7, 11) is 0. The van der Waals surface area contributed by atoms with E-state index in [0.717, 1.165) is 36.5 Å². The lowest BCUT2D eigenvalue weighted by Gasteiger charge is -2.27. The first-order valence-electron chi connectivity index (χ1n) is 9.02. The van der Waals surface area contributed by atoms with Gasteiger partial charge in [0.15, 0.2) is 0 Å². The number of ether oxygens (including phenoxy) is 1. The molecular formula is C20H23ClN2O3S. The number of benzene rings is 1. The maximum Gasteiger partial charge on any atom is 0.341 e. The summed E-state index contributed by atoms with van der Waals surface area (Å²) in [4.78, 5) is 28.0. The Hall–Kier alpha value is -1.89. The summed E-state index contributed by atoms with van der Waals surface area (Å²) in [6.45, 7) is 6.13. The number of thiophene rings is 1. The van der Waals surface area contributed by atoms with Gasteiger partial charge >= 0.3 is 5.97 Å². The molecule has 1 aromatic heterocycles. The summed E-state index contributed by atoms with van der Waals surface area (Å²) in [5.41, 5.74) is 2.73. The van der Waals surface area contributed by atoms with Crippen molar-refractivity contribution in [1.29, 1.82) is 0 Å². The third-order valence-electron chi connectivity index (χ3n) is 4.46. The summed E-state index contributed by atoms with van der Waals surface area (Å²) < 4.78 is 5.23. The zero-order valence-electron chi connectivity index (χ0n) is 15.5. The summed E-state index contributed by atoms with van der Waals surface area (Å²) >= 11 is 7.32. The molecular weight excluding hydrogens is 384 g/mol. The number of alkyl halides is 1. The highest BCUT2D eigenvalue weighted by atomic mass is 35.5. The van der Waals surface area contributed by atoms with Crippen LogP contribution in [0.1, 0.15) is 40.2 Å². The molecule has 2 aromatic rings. The van der Waals surface area contributed by atoms with Crippen molar-refractivity contribution in [3.63, 3.8) is 0 Å². The van der Waals surface area contributed by atoms with Gasteiger partial charge in [-0.3, -0.25) is 9.69 Å². The minimum atomic E-state index is -0.672. The van der Waals surface area contributed by atoms with Crippen LogP contribution in [0.5, 0.6) is 0 Å². The van der Waals surface area contributed by atoms with E-state index in [0.29, 0.717) is 17.2 Å². The van der Waals surface area contributed by atoms with Crippen LogP contribution in [0.4, 0.5) is 5.00 Å². The van der Waals surface area contributed by atoms with Crippen LogP contribution in [0, 0.1) is 0 Å². The van der Waals surface area contributed by atoms with Gasteiger partial charge in [0.05, 0.1) is 12.2 Å². The van der Waals surface area contributed by atoms with Crippen molar-refractivity contribution in [3.05, 3.63) is 51.9 Å².